The molecule has 106 valence electrons. The van der Waals surface area contributed by atoms with Crippen molar-refractivity contribution in [2.24, 2.45) is 5.92 Å². The van der Waals surface area contributed by atoms with Gasteiger partial charge in [-0.05, 0) is 26.7 Å². The fourth-order valence-electron chi connectivity index (χ4n) is 1.82. The third kappa shape index (κ3) is 4.55. The molecule has 0 rings (SSSR count). The van der Waals surface area contributed by atoms with Gasteiger partial charge in [0.25, 0.3) is 0 Å². The van der Waals surface area contributed by atoms with E-state index in [0.717, 1.165) is 0 Å². The minimum Gasteiger partial charge on any atom is -0.481 e. The van der Waals surface area contributed by atoms with Crippen LogP contribution >= 0.6 is 0 Å². The number of aliphatic carboxylic acids is 1. The lowest BCUT2D eigenvalue weighted by atomic mass is 10.1. The first-order chi connectivity index (χ1) is 8.22. The number of carbonyl (C=O) groups is 2. The molecule has 0 radical (unpaired) electrons. The fraction of sp³-hybridized carbons (Fsp3) is 0.846. The van der Waals surface area contributed by atoms with Crippen LogP contribution in [-0.2, 0) is 4.79 Å². The van der Waals surface area contributed by atoms with E-state index in [4.69, 9.17) is 5.11 Å². The van der Waals surface area contributed by atoms with Gasteiger partial charge in [-0.3, -0.25) is 4.79 Å². The molecule has 5 nitrogen and oxygen atoms in total. The molecule has 0 aliphatic heterocycles. The molecule has 0 fully saturated rings. The maximum Gasteiger partial charge on any atom is 0.320 e. The number of rotatable bonds is 6. The minimum atomic E-state index is -0.881. The Hall–Kier alpha value is -1.26. The Morgan fingerprint density at radius 1 is 1.17 bits per heavy atom. The molecule has 1 N–H and O–H groups in total. The Labute approximate surface area is 110 Å². The fourth-order valence-corrected chi connectivity index (χ4v) is 1.82. The highest BCUT2D eigenvalue weighted by atomic mass is 16.4. The van der Waals surface area contributed by atoms with Gasteiger partial charge in [0.1, 0.15) is 0 Å². The normalized spacial score (nSPS) is 14.2. The smallest absolute Gasteiger partial charge is 0.320 e. The van der Waals surface area contributed by atoms with E-state index in [1.165, 1.54) is 0 Å². The topological polar surface area (TPSA) is 60.9 Å². The Bertz CT molecular complexity index is 292. The molecule has 0 bridgehead atoms. The minimum absolute atomic E-state index is 0.0243. The van der Waals surface area contributed by atoms with Crippen molar-refractivity contribution in [3.8, 4) is 0 Å². The maximum absolute atomic E-state index is 12.3. The summed E-state index contributed by atoms with van der Waals surface area (Å²) >= 11 is 0. The van der Waals surface area contributed by atoms with Crippen molar-refractivity contribution >= 4 is 12.0 Å². The van der Waals surface area contributed by atoms with Gasteiger partial charge in [0.15, 0.2) is 0 Å². The summed E-state index contributed by atoms with van der Waals surface area (Å²) in [7, 11) is 1.77. The average molecular weight is 258 g/mol. The van der Waals surface area contributed by atoms with Crippen LogP contribution in [0.1, 0.15) is 41.0 Å². The van der Waals surface area contributed by atoms with Gasteiger partial charge in [-0.25, -0.2) is 4.79 Å². The zero-order valence-electron chi connectivity index (χ0n) is 12.3. The van der Waals surface area contributed by atoms with E-state index in [9.17, 15) is 9.59 Å². The van der Waals surface area contributed by atoms with Crippen LogP contribution in [0.15, 0.2) is 0 Å². The molecule has 5 heteroatoms. The summed E-state index contributed by atoms with van der Waals surface area (Å²) in [5.41, 5.74) is 0. The highest BCUT2D eigenvalue weighted by Gasteiger charge is 2.26. The van der Waals surface area contributed by atoms with E-state index >= 15 is 0 Å². The number of nitrogens with zero attached hydrogens (tertiary/aromatic N) is 2. The van der Waals surface area contributed by atoms with E-state index in [1.807, 2.05) is 13.8 Å². The van der Waals surface area contributed by atoms with Crippen molar-refractivity contribution in [3.05, 3.63) is 0 Å². The van der Waals surface area contributed by atoms with Gasteiger partial charge in [0, 0.05) is 25.7 Å². The van der Waals surface area contributed by atoms with Crippen LogP contribution in [0.4, 0.5) is 4.79 Å². The standard InChI is InChI=1S/C13H26N2O3/c1-7-15(10(4)8-12(16)17)13(18)14(6)11(5)9(2)3/h9-11H,7-8H2,1-6H3,(H,16,17). The molecule has 0 heterocycles. The second kappa shape index (κ2) is 7.24. The Morgan fingerprint density at radius 2 is 1.67 bits per heavy atom. The molecule has 0 aromatic rings. The van der Waals surface area contributed by atoms with E-state index in [1.54, 1.807) is 23.8 Å². The Balaban J connectivity index is 4.74. The monoisotopic (exact) mass is 258 g/mol. The summed E-state index contributed by atoms with van der Waals surface area (Å²) in [6.45, 7) is 10.3. The van der Waals surface area contributed by atoms with E-state index in [-0.39, 0.29) is 24.5 Å². The first-order valence-corrected chi connectivity index (χ1v) is 6.47. The number of amides is 2. The van der Waals surface area contributed by atoms with Gasteiger partial charge < -0.3 is 14.9 Å². The quantitative estimate of drug-likeness (QED) is 0.795. The van der Waals surface area contributed by atoms with Gasteiger partial charge in [-0.15, -0.1) is 0 Å². The molecule has 0 aliphatic carbocycles. The summed E-state index contributed by atoms with van der Waals surface area (Å²) in [5.74, 6) is -0.513. The van der Waals surface area contributed by atoms with Gasteiger partial charge in [0.05, 0.1) is 6.42 Å². The lowest BCUT2D eigenvalue weighted by Gasteiger charge is -2.35. The summed E-state index contributed by atoms with van der Waals surface area (Å²) in [6.07, 6.45) is -0.0243. The molecule has 2 amide bonds. The molecule has 0 aliphatic rings. The van der Waals surface area contributed by atoms with Crippen LogP contribution in [0.2, 0.25) is 0 Å². The van der Waals surface area contributed by atoms with E-state index < -0.39 is 5.97 Å². The third-order valence-electron chi connectivity index (χ3n) is 3.47. The van der Waals surface area contributed by atoms with E-state index in [2.05, 4.69) is 13.8 Å². The van der Waals surface area contributed by atoms with Gasteiger partial charge >= 0.3 is 12.0 Å². The lowest BCUT2D eigenvalue weighted by molar-refractivity contribution is -0.138. The summed E-state index contributed by atoms with van der Waals surface area (Å²) in [6, 6.07) is -0.266. The first kappa shape index (κ1) is 16.7. The predicted octanol–water partition coefficient (Wildman–Crippen LogP) is 2.27. The molecular formula is C13H26N2O3. The number of hydrogen-bond acceptors (Lipinski definition) is 2. The highest BCUT2D eigenvalue weighted by Crippen LogP contribution is 2.13. The third-order valence-corrected chi connectivity index (χ3v) is 3.47. The van der Waals surface area contributed by atoms with Crippen molar-refractivity contribution in [2.75, 3.05) is 13.6 Å². The van der Waals surface area contributed by atoms with Crippen LogP contribution in [0.25, 0.3) is 0 Å². The predicted molar refractivity (Wildman–Crippen MR) is 71.6 cm³/mol. The number of hydrogen-bond donors (Lipinski definition) is 1. The highest BCUT2D eigenvalue weighted by molar-refractivity contribution is 5.76. The van der Waals surface area contributed by atoms with Gasteiger partial charge in [-0.1, -0.05) is 13.8 Å². The molecule has 2 atom stereocenters. The molecule has 0 spiro atoms. The second-order valence-electron chi connectivity index (χ2n) is 5.11. The number of carboxylic acid groups (broad SMARTS) is 1. The summed E-state index contributed by atoms with van der Waals surface area (Å²) in [5, 5.41) is 8.79. The van der Waals surface area contributed by atoms with Crippen molar-refractivity contribution in [1.29, 1.82) is 0 Å². The zero-order valence-corrected chi connectivity index (χ0v) is 12.3. The van der Waals surface area contributed by atoms with Gasteiger partial charge in [0.2, 0.25) is 0 Å². The number of carbonyl (C=O) groups excluding carboxylic acids is 1. The first-order valence-electron chi connectivity index (χ1n) is 6.47. The van der Waals surface area contributed by atoms with Crippen LogP contribution in [0, 0.1) is 5.92 Å². The number of carboxylic acids is 1. The van der Waals surface area contributed by atoms with Crippen molar-refractivity contribution in [1.82, 2.24) is 9.80 Å². The molecule has 0 saturated heterocycles. The molecule has 0 aromatic heterocycles. The van der Waals surface area contributed by atoms with Crippen LogP contribution in [0.5, 0.6) is 0 Å². The van der Waals surface area contributed by atoms with Crippen LogP contribution < -0.4 is 0 Å². The van der Waals surface area contributed by atoms with Crippen LogP contribution in [0.3, 0.4) is 0 Å². The van der Waals surface area contributed by atoms with Crippen LogP contribution in [-0.4, -0.2) is 52.6 Å². The number of urea groups is 1. The maximum atomic E-state index is 12.3. The van der Waals surface area contributed by atoms with Crippen molar-refractivity contribution < 1.29 is 14.7 Å². The molecule has 0 saturated carbocycles. The second-order valence-corrected chi connectivity index (χ2v) is 5.11. The largest absolute Gasteiger partial charge is 0.481 e. The molecule has 2 unspecified atom stereocenters. The van der Waals surface area contributed by atoms with Crippen molar-refractivity contribution in [2.45, 2.75) is 53.1 Å². The summed E-state index contributed by atoms with van der Waals surface area (Å²) < 4.78 is 0. The van der Waals surface area contributed by atoms with Gasteiger partial charge in [-0.2, -0.15) is 0 Å². The Kier molecular flexibility index (Phi) is 6.73. The zero-order chi connectivity index (χ0) is 14.5. The molecule has 18 heavy (non-hydrogen) atoms. The summed E-state index contributed by atoms with van der Waals surface area (Å²) in [4.78, 5) is 26.3. The van der Waals surface area contributed by atoms with Crippen molar-refractivity contribution in [3.63, 3.8) is 0 Å². The molecular weight excluding hydrogens is 232 g/mol. The Morgan fingerprint density at radius 3 is 2.00 bits per heavy atom. The molecule has 0 aromatic carbocycles. The van der Waals surface area contributed by atoms with E-state index in [0.29, 0.717) is 12.5 Å². The SMILES string of the molecule is CCN(C(=O)N(C)C(C)C(C)C)C(C)CC(=O)O. The lowest BCUT2D eigenvalue weighted by Crippen LogP contribution is -2.50. The average Bonchev–Trinajstić information content (AvgIpc) is 2.26.